The van der Waals surface area contributed by atoms with E-state index in [1.54, 1.807) is 33.1 Å². The summed E-state index contributed by atoms with van der Waals surface area (Å²) in [7, 11) is 1.58. The quantitative estimate of drug-likeness (QED) is 0.432. The number of rotatable bonds is 7. The van der Waals surface area contributed by atoms with Gasteiger partial charge in [-0.25, -0.2) is 9.97 Å². The first-order valence-electron chi connectivity index (χ1n) is 9.23. The molecule has 1 atom stereocenters. The van der Waals surface area contributed by atoms with Crippen molar-refractivity contribution in [1.82, 2.24) is 9.97 Å². The second-order valence-corrected chi connectivity index (χ2v) is 6.81. The predicted octanol–water partition coefficient (Wildman–Crippen LogP) is 4.54. The van der Waals surface area contributed by atoms with Gasteiger partial charge in [0.05, 0.1) is 23.7 Å². The number of hydrogen-bond donors (Lipinski definition) is 2. The summed E-state index contributed by atoms with van der Waals surface area (Å²) in [5.74, 6) is 1.49. The van der Waals surface area contributed by atoms with Crippen LogP contribution in [0.1, 0.15) is 29.9 Å². The zero-order valence-electron chi connectivity index (χ0n) is 16.8. The molecule has 2 aromatic carbocycles. The van der Waals surface area contributed by atoms with Crippen LogP contribution < -0.4 is 15.8 Å². The molecule has 0 amide bonds. The second kappa shape index (κ2) is 8.74. The summed E-state index contributed by atoms with van der Waals surface area (Å²) in [6.45, 7) is 4.26. The van der Waals surface area contributed by atoms with Gasteiger partial charge < -0.3 is 20.5 Å². The maximum absolute atomic E-state index is 13.1. The van der Waals surface area contributed by atoms with E-state index >= 15 is 0 Å². The molecule has 3 N–H and O–H groups in total. The SMILES string of the molecule is COCCOc1[c]cc2nc(C)nc(N[C@H](C)c3cc(N)cc(C(F)(F)F)c3)c2c1. The summed E-state index contributed by atoms with van der Waals surface area (Å²) in [5, 5.41) is 3.84. The van der Waals surface area contributed by atoms with Crippen molar-refractivity contribution in [1.29, 1.82) is 0 Å². The lowest BCUT2D eigenvalue weighted by molar-refractivity contribution is -0.137. The Hall–Kier alpha value is -3.07. The summed E-state index contributed by atoms with van der Waals surface area (Å²) >= 11 is 0. The van der Waals surface area contributed by atoms with E-state index in [0.29, 0.717) is 47.1 Å². The molecular weight excluding hydrogens is 397 g/mol. The molecular formula is C21H22F3N4O2. The number of fused-ring (bicyclic) bond motifs is 1. The number of ether oxygens (including phenoxy) is 2. The molecule has 3 rings (SSSR count). The van der Waals surface area contributed by atoms with Crippen LogP contribution in [0.15, 0.2) is 30.3 Å². The second-order valence-electron chi connectivity index (χ2n) is 6.81. The minimum absolute atomic E-state index is 0.0423. The lowest BCUT2D eigenvalue weighted by Crippen LogP contribution is -2.13. The predicted molar refractivity (Wildman–Crippen MR) is 108 cm³/mol. The number of aromatic nitrogens is 2. The van der Waals surface area contributed by atoms with Gasteiger partial charge in [-0.2, -0.15) is 13.2 Å². The van der Waals surface area contributed by atoms with Crippen LogP contribution in [0.3, 0.4) is 0 Å². The Morgan fingerprint density at radius 2 is 1.93 bits per heavy atom. The van der Waals surface area contributed by atoms with Crippen molar-refractivity contribution in [2.45, 2.75) is 26.1 Å². The molecule has 6 nitrogen and oxygen atoms in total. The fraction of sp³-hybridized carbons (Fsp3) is 0.333. The van der Waals surface area contributed by atoms with Crippen molar-refractivity contribution in [3.05, 3.63) is 53.3 Å². The van der Waals surface area contributed by atoms with Crippen LogP contribution in [0.2, 0.25) is 0 Å². The van der Waals surface area contributed by atoms with Gasteiger partial charge in [0.2, 0.25) is 0 Å². The Labute approximate surface area is 172 Å². The van der Waals surface area contributed by atoms with Crippen molar-refractivity contribution in [3.8, 4) is 5.75 Å². The standard InChI is InChI=1S/C21H22F3N4O2/c1-12(14-8-15(21(22,23)24)10-16(25)9-14)26-20-18-11-17(30-7-6-29-3)4-5-19(18)27-13(2)28-20/h5,8-12H,6-7,25H2,1-3H3,(H,26,27,28)/t12-/m1/s1. The minimum atomic E-state index is -4.48. The monoisotopic (exact) mass is 419 g/mol. The maximum atomic E-state index is 13.1. The number of benzene rings is 2. The van der Waals surface area contributed by atoms with Crippen LogP contribution in [0.25, 0.3) is 10.9 Å². The zero-order valence-corrected chi connectivity index (χ0v) is 16.8. The molecule has 0 spiro atoms. The number of hydrogen-bond acceptors (Lipinski definition) is 6. The average molecular weight is 419 g/mol. The number of aryl methyl sites for hydroxylation is 1. The molecule has 0 saturated heterocycles. The Balaban J connectivity index is 1.94. The van der Waals surface area contributed by atoms with Crippen LogP contribution in [0.5, 0.6) is 5.75 Å². The third-order valence-corrected chi connectivity index (χ3v) is 4.42. The van der Waals surface area contributed by atoms with Gasteiger partial charge in [-0.05, 0) is 49.7 Å². The number of halogens is 3. The van der Waals surface area contributed by atoms with Gasteiger partial charge in [0.15, 0.2) is 0 Å². The number of methoxy groups -OCH3 is 1. The van der Waals surface area contributed by atoms with E-state index in [9.17, 15) is 13.2 Å². The van der Waals surface area contributed by atoms with E-state index in [1.165, 1.54) is 6.07 Å². The van der Waals surface area contributed by atoms with Gasteiger partial charge in [0.1, 0.15) is 24.0 Å². The fourth-order valence-electron chi connectivity index (χ4n) is 2.97. The van der Waals surface area contributed by atoms with Gasteiger partial charge in [-0.15, -0.1) is 0 Å². The molecule has 1 radical (unpaired) electrons. The van der Waals surface area contributed by atoms with Gasteiger partial charge in [0, 0.05) is 24.2 Å². The molecule has 0 unspecified atom stereocenters. The normalized spacial score (nSPS) is 12.7. The van der Waals surface area contributed by atoms with Crippen molar-refractivity contribution in [2.24, 2.45) is 0 Å². The van der Waals surface area contributed by atoms with Crippen molar-refractivity contribution >= 4 is 22.4 Å². The molecule has 30 heavy (non-hydrogen) atoms. The topological polar surface area (TPSA) is 82.3 Å². The number of alkyl halides is 3. The molecule has 0 aliphatic heterocycles. The lowest BCUT2D eigenvalue weighted by Gasteiger charge is -2.19. The van der Waals surface area contributed by atoms with Gasteiger partial charge in [-0.1, -0.05) is 0 Å². The van der Waals surface area contributed by atoms with Crippen molar-refractivity contribution < 1.29 is 22.6 Å². The molecule has 1 heterocycles. The van der Waals surface area contributed by atoms with Crippen LogP contribution >= 0.6 is 0 Å². The fourth-order valence-corrected chi connectivity index (χ4v) is 2.97. The van der Waals surface area contributed by atoms with E-state index < -0.39 is 17.8 Å². The highest BCUT2D eigenvalue weighted by atomic mass is 19.4. The molecule has 0 saturated carbocycles. The third-order valence-electron chi connectivity index (χ3n) is 4.42. The lowest BCUT2D eigenvalue weighted by atomic mass is 10.0. The summed E-state index contributed by atoms with van der Waals surface area (Å²) in [6.07, 6.45) is -4.48. The van der Waals surface area contributed by atoms with E-state index in [-0.39, 0.29) is 5.69 Å². The summed E-state index contributed by atoms with van der Waals surface area (Å²) < 4.78 is 50.0. The van der Waals surface area contributed by atoms with Crippen LogP contribution in [0.4, 0.5) is 24.7 Å². The Bertz CT molecular complexity index is 1040. The molecule has 9 heteroatoms. The number of nitrogen functional groups attached to an aromatic ring is 1. The number of anilines is 2. The van der Waals surface area contributed by atoms with Gasteiger partial charge in [0.25, 0.3) is 0 Å². The molecule has 0 aliphatic rings. The highest BCUT2D eigenvalue weighted by Gasteiger charge is 2.31. The summed E-state index contributed by atoms with van der Waals surface area (Å²) in [4.78, 5) is 8.81. The minimum Gasteiger partial charge on any atom is -0.491 e. The highest BCUT2D eigenvalue weighted by Crippen LogP contribution is 2.34. The zero-order chi connectivity index (χ0) is 21.9. The molecule has 159 valence electrons. The molecule has 0 bridgehead atoms. The Kier molecular flexibility index (Phi) is 6.31. The molecule has 0 fully saturated rings. The Morgan fingerprint density at radius 3 is 2.63 bits per heavy atom. The van der Waals surface area contributed by atoms with E-state index in [0.717, 1.165) is 12.1 Å². The largest absolute Gasteiger partial charge is 0.491 e. The summed E-state index contributed by atoms with van der Waals surface area (Å²) in [6, 6.07) is 9.44. The first kappa shape index (κ1) is 21.6. The van der Waals surface area contributed by atoms with Gasteiger partial charge >= 0.3 is 6.18 Å². The van der Waals surface area contributed by atoms with Crippen molar-refractivity contribution in [3.63, 3.8) is 0 Å². The number of nitrogens with zero attached hydrogens (tertiary/aromatic N) is 2. The third kappa shape index (κ3) is 5.10. The molecule has 0 aliphatic carbocycles. The molecule has 3 aromatic rings. The highest BCUT2D eigenvalue weighted by molar-refractivity contribution is 5.90. The van der Waals surface area contributed by atoms with Crippen molar-refractivity contribution in [2.75, 3.05) is 31.4 Å². The van der Waals surface area contributed by atoms with Crippen LogP contribution in [-0.2, 0) is 10.9 Å². The first-order chi connectivity index (χ1) is 14.2. The van der Waals surface area contributed by atoms with Crippen LogP contribution in [0, 0.1) is 13.0 Å². The number of nitrogens with two attached hydrogens (primary N) is 1. The summed E-state index contributed by atoms with van der Waals surface area (Å²) in [5.41, 5.74) is 5.98. The maximum Gasteiger partial charge on any atom is 0.416 e. The average Bonchev–Trinajstić information content (AvgIpc) is 2.67. The Morgan fingerprint density at radius 1 is 1.17 bits per heavy atom. The first-order valence-corrected chi connectivity index (χ1v) is 9.23. The van der Waals surface area contributed by atoms with Gasteiger partial charge in [-0.3, -0.25) is 0 Å². The molecule has 1 aromatic heterocycles. The van der Waals surface area contributed by atoms with E-state index in [4.69, 9.17) is 15.2 Å². The number of nitrogens with one attached hydrogen (secondary N) is 1. The van der Waals surface area contributed by atoms with E-state index in [1.807, 2.05) is 0 Å². The smallest absolute Gasteiger partial charge is 0.416 e. The van der Waals surface area contributed by atoms with E-state index in [2.05, 4.69) is 21.4 Å². The van der Waals surface area contributed by atoms with Crippen LogP contribution in [-0.4, -0.2) is 30.3 Å².